The quantitative estimate of drug-likeness (QED) is 0.575. The van der Waals surface area contributed by atoms with Crippen LogP contribution in [0.1, 0.15) is 6.42 Å². The van der Waals surface area contributed by atoms with Crippen molar-refractivity contribution in [3.63, 3.8) is 0 Å². The van der Waals surface area contributed by atoms with Gasteiger partial charge in [0.15, 0.2) is 0 Å². The molecule has 12 heavy (non-hydrogen) atoms. The van der Waals surface area contributed by atoms with Gasteiger partial charge in [-0.2, -0.15) is 0 Å². The predicted molar refractivity (Wildman–Crippen MR) is 46.6 cm³/mol. The van der Waals surface area contributed by atoms with E-state index in [1.165, 1.54) is 11.3 Å². The summed E-state index contributed by atoms with van der Waals surface area (Å²) in [5, 5.41) is 3.52. The molecule has 0 bridgehead atoms. The van der Waals surface area contributed by atoms with Gasteiger partial charge in [0.25, 0.3) is 0 Å². The summed E-state index contributed by atoms with van der Waals surface area (Å²) in [6.45, 7) is 0.876. The second-order valence-corrected chi connectivity index (χ2v) is 3.40. The first-order chi connectivity index (χ1) is 5.95. The average molecular weight is 161 g/mol. The zero-order valence-electron chi connectivity index (χ0n) is 6.79. The molecule has 3 rings (SSSR count). The van der Waals surface area contributed by atoms with Crippen LogP contribution in [0.4, 0.5) is 0 Å². The zero-order chi connectivity index (χ0) is 7.97. The number of nitrogens with one attached hydrogen (secondary N) is 1. The van der Waals surface area contributed by atoms with Crippen LogP contribution in [0.3, 0.4) is 0 Å². The second-order valence-electron chi connectivity index (χ2n) is 3.40. The fraction of sp³-hybridized carbons (Fsp3) is 0.400. The third-order valence-corrected chi connectivity index (χ3v) is 2.67. The van der Waals surface area contributed by atoms with E-state index in [9.17, 15) is 0 Å². The van der Waals surface area contributed by atoms with Gasteiger partial charge in [-0.3, -0.25) is 5.32 Å². The molecule has 0 spiro atoms. The number of fused-ring (bicyclic) bond motifs is 2. The van der Waals surface area contributed by atoms with Crippen LogP contribution in [-0.4, -0.2) is 18.7 Å². The Balaban J connectivity index is 2.06. The van der Waals surface area contributed by atoms with Crippen molar-refractivity contribution in [3.05, 3.63) is 35.6 Å². The van der Waals surface area contributed by atoms with Gasteiger partial charge in [-0.25, -0.2) is 0 Å². The number of ether oxygens (including phenoxy) is 1. The van der Waals surface area contributed by atoms with Gasteiger partial charge in [0, 0.05) is 12.0 Å². The summed E-state index contributed by atoms with van der Waals surface area (Å²) in [6, 6.07) is 0.896. The van der Waals surface area contributed by atoms with Gasteiger partial charge in [-0.15, -0.1) is 0 Å². The number of rotatable bonds is 0. The minimum absolute atomic E-state index is 0.412. The van der Waals surface area contributed by atoms with Crippen LogP contribution < -0.4 is 5.32 Å². The molecule has 0 amide bonds. The highest BCUT2D eigenvalue weighted by Crippen LogP contribution is 2.32. The lowest BCUT2D eigenvalue weighted by Crippen LogP contribution is -2.30. The summed E-state index contributed by atoms with van der Waals surface area (Å²) >= 11 is 0. The molecule has 0 saturated carbocycles. The van der Waals surface area contributed by atoms with Crippen molar-refractivity contribution in [2.45, 2.75) is 18.5 Å². The van der Waals surface area contributed by atoms with Crippen molar-refractivity contribution >= 4 is 0 Å². The van der Waals surface area contributed by atoms with Crippen molar-refractivity contribution in [1.82, 2.24) is 5.32 Å². The summed E-state index contributed by atoms with van der Waals surface area (Å²) in [4.78, 5) is 0. The monoisotopic (exact) mass is 161 g/mol. The van der Waals surface area contributed by atoms with Crippen molar-refractivity contribution in [2.75, 3.05) is 6.61 Å². The maximum absolute atomic E-state index is 5.58. The van der Waals surface area contributed by atoms with E-state index in [0.717, 1.165) is 13.0 Å². The molecule has 0 aromatic rings. The van der Waals surface area contributed by atoms with E-state index in [0.29, 0.717) is 12.1 Å². The standard InChI is InChI=1S/C10H11NO/c1-2-4-8-7(3-1)10-9(11-8)5-6-12-10/h1-4,8-9,11H,5-6H2. The Labute approximate surface area is 71.6 Å². The van der Waals surface area contributed by atoms with Crippen LogP contribution in [0.15, 0.2) is 35.6 Å². The minimum atomic E-state index is 0.412. The molecule has 2 heterocycles. The van der Waals surface area contributed by atoms with Crippen LogP contribution in [-0.2, 0) is 4.74 Å². The highest BCUT2D eigenvalue weighted by atomic mass is 16.5. The summed E-state index contributed by atoms with van der Waals surface area (Å²) in [6.07, 6.45) is 9.62. The molecule has 2 atom stereocenters. The van der Waals surface area contributed by atoms with Gasteiger partial charge < -0.3 is 4.74 Å². The molecular weight excluding hydrogens is 150 g/mol. The summed E-state index contributed by atoms with van der Waals surface area (Å²) < 4.78 is 5.58. The molecule has 1 saturated heterocycles. The normalized spacial score (nSPS) is 36.7. The zero-order valence-corrected chi connectivity index (χ0v) is 6.79. The Kier molecular flexibility index (Phi) is 1.21. The van der Waals surface area contributed by atoms with Gasteiger partial charge >= 0.3 is 0 Å². The van der Waals surface area contributed by atoms with Gasteiger partial charge in [-0.05, 0) is 0 Å². The molecule has 0 aromatic heterocycles. The maximum atomic E-state index is 5.58. The SMILES string of the molecule is C1=CC2=C3OCCC3NC2C=C1. The second kappa shape index (κ2) is 2.23. The molecule has 2 nitrogen and oxygen atoms in total. The summed E-state index contributed by atoms with van der Waals surface area (Å²) in [5.74, 6) is 1.18. The van der Waals surface area contributed by atoms with Crippen LogP contribution in [0.2, 0.25) is 0 Å². The van der Waals surface area contributed by atoms with Gasteiger partial charge in [-0.1, -0.05) is 24.3 Å². The maximum Gasteiger partial charge on any atom is 0.118 e. The Morgan fingerprint density at radius 1 is 1.42 bits per heavy atom. The van der Waals surface area contributed by atoms with Crippen LogP contribution in [0, 0.1) is 0 Å². The lowest BCUT2D eigenvalue weighted by Gasteiger charge is -2.11. The molecule has 2 aliphatic heterocycles. The van der Waals surface area contributed by atoms with E-state index in [4.69, 9.17) is 4.74 Å². The van der Waals surface area contributed by atoms with Gasteiger partial charge in [0.05, 0.1) is 18.7 Å². The van der Waals surface area contributed by atoms with Crippen LogP contribution in [0.5, 0.6) is 0 Å². The average Bonchev–Trinajstić information content (AvgIpc) is 2.62. The summed E-state index contributed by atoms with van der Waals surface area (Å²) in [5.41, 5.74) is 1.33. The third kappa shape index (κ3) is 0.730. The van der Waals surface area contributed by atoms with E-state index < -0.39 is 0 Å². The van der Waals surface area contributed by atoms with Crippen LogP contribution >= 0.6 is 0 Å². The lowest BCUT2D eigenvalue weighted by molar-refractivity contribution is 0.261. The first-order valence-corrected chi connectivity index (χ1v) is 4.43. The lowest BCUT2D eigenvalue weighted by atomic mass is 10.0. The molecule has 1 aliphatic carbocycles. The Hall–Kier alpha value is -1.02. The molecular formula is C10H11NO. The fourth-order valence-corrected chi connectivity index (χ4v) is 2.10. The molecule has 2 unspecified atom stereocenters. The van der Waals surface area contributed by atoms with E-state index in [1.54, 1.807) is 0 Å². The van der Waals surface area contributed by atoms with Gasteiger partial charge in [0.2, 0.25) is 0 Å². The molecule has 1 N–H and O–H groups in total. The molecule has 62 valence electrons. The smallest absolute Gasteiger partial charge is 0.118 e. The third-order valence-electron chi connectivity index (χ3n) is 2.67. The Morgan fingerprint density at radius 3 is 3.42 bits per heavy atom. The highest BCUT2D eigenvalue weighted by Gasteiger charge is 2.35. The van der Waals surface area contributed by atoms with E-state index >= 15 is 0 Å². The summed E-state index contributed by atoms with van der Waals surface area (Å²) in [7, 11) is 0. The molecule has 0 aromatic carbocycles. The van der Waals surface area contributed by atoms with Crippen molar-refractivity contribution in [3.8, 4) is 0 Å². The molecule has 2 heteroatoms. The molecule has 3 aliphatic rings. The Morgan fingerprint density at radius 2 is 2.42 bits per heavy atom. The van der Waals surface area contributed by atoms with Crippen molar-refractivity contribution in [1.29, 1.82) is 0 Å². The number of hydrogen-bond acceptors (Lipinski definition) is 2. The van der Waals surface area contributed by atoms with Crippen LogP contribution in [0.25, 0.3) is 0 Å². The van der Waals surface area contributed by atoms with E-state index in [2.05, 4.69) is 29.6 Å². The molecule has 0 radical (unpaired) electrons. The number of allylic oxidation sites excluding steroid dienone is 2. The van der Waals surface area contributed by atoms with Gasteiger partial charge in [0.1, 0.15) is 5.76 Å². The minimum Gasteiger partial charge on any atom is -0.496 e. The van der Waals surface area contributed by atoms with E-state index in [-0.39, 0.29) is 0 Å². The van der Waals surface area contributed by atoms with Crippen molar-refractivity contribution in [2.24, 2.45) is 0 Å². The largest absolute Gasteiger partial charge is 0.496 e. The first-order valence-electron chi connectivity index (χ1n) is 4.43. The molecule has 1 fully saturated rings. The van der Waals surface area contributed by atoms with Crippen molar-refractivity contribution < 1.29 is 4.74 Å². The Bertz CT molecular complexity index is 301. The number of hydrogen-bond donors (Lipinski definition) is 1. The fourth-order valence-electron chi connectivity index (χ4n) is 2.10. The van der Waals surface area contributed by atoms with E-state index in [1.807, 2.05) is 0 Å². The predicted octanol–water partition coefficient (Wildman–Crippen LogP) is 1.13. The topological polar surface area (TPSA) is 21.3 Å². The highest BCUT2D eigenvalue weighted by molar-refractivity contribution is 5.44. The first kappa shape index (κ1) is 6.49.